The predicted octanol–water partition coefficient (Wildman–Crippen LogP) is 1.89. The largest absolute Gasteiger partial charge is 0.464 e. The number of rotatable bonds is 3. The van der Waals surface area contributed by atoms with Crippen molar-refractivity contribution in [2.45, 2.75) is 6.92 Å². The molecule has 2 aromatic rings. The molecule has 0 radical (unpaired) electrons. The van der Waals surface area contributed by atoms with Gasteiger partial charge >= 0.3 is 5.97 Å². The maximum atomic E-state index is 11.5. The SMILES string of the molecule is COC(=O)c1cccc(-c2ccnc(NC(C)=O)c2)n1. The van der Waals surface area contributed by atoms with Crippen LogP contribution in [0.25, 0.3) is 11.3 Å². The van der Waals surface area contributed by atoms with E-state index in [-0.39, 0.29) is 11.6 Å². The lowest BCUT2D eigenvalue weighted by Gasteiger charge is -2.06. The van der Waals surface area contributed by atoms with Crippen molar-refractivity contribution in [1.29, 1.82) is 0 Å². The molecule has 1 amide bonds. The number of amides is 1. The Morgan fingerprint density at radius 3 is 2.75 bits per heavy atom. The van der Waals surface area contributed by atoms with Gasteiger partial charge in [-0.25, -0.2) is 14.8 Å². The highest BCUT2D eigenvalue weighted by Crippen LogP contribution is 2.19. The van der Waals surface area contributed by atoms with Gasteiger partial charge in [0.1, 0.15) is 11.5 Å². The summed E-state index contributed by atoms with van der Waals surface area (Å²) in [5, 5.41) is 2.59. The number of hydrogen-bond donors (Lipinski definition) is 1. The molecule has 0 saturated carbocycles. The summed E-state index contributed by atoms with van der Waals surface area (Å²) in [6, 6.07) is 8.48. The Morgan fingerprint density at radius 1 is 1.25 bits per heavy atom. The Labute approximate surface area is 115 Å². The molecule has 0 aliphatic carbocycles. The molecule has 2 heterocycles. The van der Waals surface area contributed by atoms with E-state index in [1.807, 2.05) is 0 Å². The molecule has 0 aliphatic rings. The number of pyridine rings is 2. The van der Waals surface area contributed by atoms with Gasteiger partial charge in [0.25, 0.3) is 0 Å². The third-order valence-electron chi connectivity index (χ3n) is 2.50. The van der Waals surface area contributed by atoms with Crippen molar-refractivity contribution in [1.82, 2.24) is 9.97 Å². The number of anilines is 1. The highest BCUT2D eigenvalue weighted by Gasteiger charge is 2.09. The summed E-state index contributed by atoms with van der Waals surface area (Å²) in [7, 11) is 1.30. The molecule has 0 aromatic carbocycles. The van der Waals surface area contributed by atoms with Crippen LogP contribution in [0.15, 0.2) is 36.5 Å². The highest BCUT2D eigenvalue weighted by molar-refractivity contribution is 5.89. The van der Waals surface area contributed by atoms with Crippen LogP contribution in [0.2, 0.25) is 0 Å². The lowest BCUT2D eigenvalue weighted by molar-refractivity contribution is -0.114. The molecule has 2 rings (SSSR count). The average Bonchev–Trinajstić information content (AvgIpc) is 2.46. The van der Waals surface area contributed by atoms with Crippen molar-refractivity contribution in [3.63, 3.8) is 0 Å². The summed E-state index contributed by atoms with van der Waals surface area (Å²) in [5.74, 6) is -0.269. The van der Waals surface area contributed by atoms with Crippen molar-refractivity contribution < 1.29 is 14.3 Å². The van der Waals surface area contributed by atoms with Crippen LogP contribution in [-0.4, -0.2) is 29.0 Å². The molecule has 0 bridgehead atoms. The van der Waals surface area contributed by atoms with Crippen LogP contribution in [0.1, 0.15) is 17.4 Å². The van der Waals surface area contributed by atoms with E-state index in [9.17, 15) is 9.59 Å². The zero-order valence-electron chi connectivity index (χ0n) is 11.1. The lowest BCUT2D eigenvalue weighted by Crippen LogP contribution is -2.07. The van der Waals surface area contributed by atoms with E-state index in [4.69, 9.17) is 0 Å². The van der Waals surface area contributed by atoms with Gasteiger partial charge in [-0.3, -0.25) is 4.79 Å². The minimum Gasteiger partial charge on any atom is -0.464 e. The van der Waals surface area contributed by atoms with Crippen LogP contribution in [0, 0.1) is 0 Å². The minimum atomic E-state index is -0.497. The summed E-state index contributed by atoms with van der Waals surface area (Å²) in [6.45, 7) is 1.41. The van der Waals surface area contributed by atoms with Crippen molar-refractivity contribution in [3.05, 3.63) is 42.2 Å². The fourth-order valence-electron chi connectivity index (χ4n) is 1.65. The third kappa shape index (κ3) is 3.17. The quantitative estimate of drug-likeness (QED) is 0.862. The van der Waals surface area contributed by atoms with Crippen LogP contribution in [-0.2, 0) is 9.53 Å². The maximum Gasteiger partial charge on any atom is 0.356 e. The molecule has 0 fully saturated rings. The van der Waals surface area contributed by atoms with Crippen LogP contribution in [0.4, 0.5) is 5.82 Å². The number of esters is 1. The van der Waals surface area contributed by atoms with Gasteiger partial charge in [0.2, 0.25) is 5.91 Å². The van der Waals surface area contributed by atoms with Gasteiger partial charge in [0.15, 0.2) is 0 Å². The molecule has 0 spiro atoms. The molecule has 2 aromatic heterocycles. The summed E-state index contributed by atoms with van der Waals surface area (Å²) >= 11 is 0. The molecule has 6 nitrogen and oxygen atoms in total. The van der Waals surface area contributed by atoms with E-state index in [0.717, 1.165) is 5.56 Å². The number of carbonyl (C=O) groups is 2. The molecule has 6 heteroatoms. The second kappa shape index (κ2) is 5.92. The molecule has 0 atom stereocenters. The molecule has 102 valence electrons. The first-order valence-electron chi connectivity index (χ1n) is 5.89. The normalized spacial score (nSPS) is 9.90. The van der Waals surface area contributed by atoms with Gasteiger partial charge in [0, 0.05) is 18.7 Å². The maximum absolute atomic E-state index is 11.5. The van der Waals surface area contributed by atoms with Crippen molar-refractivity contribution in [3.8, 4) is 11.3 Å². The molecule has 0 unspecified atom stereocenters. The fourth-order valence-corrected chi connectivity index (χ4v) is 1.65. The Balaban J connectivity index is 2.36. The Kier molecular flexibility index (Phi) is 4.05. The van der Waals surface area contributed by atoms with Gasteiger partial charge in [-0.15, -0.1) is 0 Å². The van der Waals surface area contributed by atoms with Gasteiger partial charge in [0.05, 0.1) is 12.8 Å². The Hall–Kier alpha value is -2.76. The van der Waals surface area contributed by atoms with E-state index < -0.39 is 5.97 Å². The molecule has 1 N–H and O–H groups in total. The van der Waals surface area contributed by atoms with E-state index in [1.54, 1.807) is 36.5 Å². The van der Waals surface area contributed by atoms with Gasteiger partial charge in [-0.2, -0.15) is 0 Å². The van der Waals surface area contributed by atoms with Crippen molar-refractivity contribution in [2.24, 2.45) is 0 Å². The van der Waals surface area contributed by atoms with Crippen molar-refractivity contribution >= 4 is 17.7 Å². The van der Waals surface area contributed by atoms with E-state index in [0.29, 0.717) is 11.5 Å². The van der Waals surface area contributed by atoms with E-state index >= 15 is 0 Å². The van der Waals surface area contributed by atoms with Crippen LogP contribution >= 0.6 is 0 Å². The van der Waals surface area contributed by atoms with Crippen LogP contribution in [0.5, 0.6) is 0 Å². The highest BCUT2D eigenvalue weighted by atomic mass is 16.5. The number of hydrogen-bond acceptors (Lipinski definition) is 5. The zero-order valence-corrected chi connectivity index (χ0v) is 11.1. The van der Waals surface area contributed by atoms with Gasteiger partial charge in [-0.1, -0.05) is 6.07 Å². The summed E-state index contributed by atoms with van der Waals surface area (Å²) in [6.07, 6.45) is 1.56. The second-order valence-electron chi connectivity index (χ2n) is 4.01. The van der Waals surface area contributed by atoms with E-state index in [2.05, 4.69) is 20.0 Å². The van der Waals surface area contributed by atoms with Crippen LogP contribution < -0.4 is 5.32 Å². The first kappa shape index (κ1) is 13.7. The van der Waals surface area contributed by atoms with Gasteiger partial charge < -0.3 is 10.1 Å². The molecule has 0 saturated heterocycles. The summed E-state index contributed by atoms with van der Waals surface area (Å²) < 4.78 is 4.63. The fraction of sp³-hybridized carbons (Fsp3) is 0.143. The average molecular weight is 271 g/mol. The molecule has 20 heavy (non-hydrogen) atoms. The van der Waals surface area contributed by atoms with Crippen LogP contribution in [0.3, 0.4) is 0 Å². The number of methoxy groups -OCH3 is 1. The van der Waals surface area contributed by atoms with Crippen molar-refractivity contribution in [2.75, 3.05) is 12.4 Å². The third-order valence-corrected chi connectivity index (χ3v) is 2.50. The predicted molar refractivity (Wildman–Crippen MR) is 73.1 cm³/mol. The number of nitrogens with zero attached hydrogens (tertiary/aromatic N) is 2. The topological polar surface area (TPSA) is 81.2 Å². The molecular weight excluding hydrogens is 258 g/mol. The summed E-state index contributed by atoms with van der Waals surface area (Å²) in [4.78, 5) is 30.7. The Bertz CT molecular complexity index is 656. The van der Waals surface area contributed by atoms with Gasteiger partial charge in [-0.05, 0) is 24.3 Å². The van der Waals surface area contributed by atoms with E-state index in [1.165, 1.54) is 14.0 Å². The molecule has 0 aliphatic heterocycles. The Morgan fingerprint density at radius 2 is 2.05 bits per heavy atom. The number of aromatic nitrogens is 2. The lowest BCUT2D eigenvalue weighted by atomic mass is 10.1. The summed E-state index contributed by atoms with van der Waals surface area (Å²) in [5.41, 5.74) is 1.57. The monoisotopic (exact) mass is 271 g/mol. The molecular formula is C14H13N3O3. The first-order valence-corrected chi connectivity index (χ1v) is 5.89. The number of ether oxygens (including phenoxy) is 1. The first-order chi connectivity index (χ1) is 9.60. The number of nitrogens with one attached hydrogen (secondary N) is 1. The minimum absolute atomic E-state index is 0.203. The second-order valence-corrected chi connectivity index (χ2v) is 4.01. The number of carbonyl (C=O) groups excluding carboxylic acids is 2. The zero-order chi connectivity index (χ0) is 14.5. The smallest absolute Gasteiger partial charge is 0.356 e. The standard InChI is InChI=1S/C14H13N3O3/c1-9(18)16-13-8-10(6-7-15-13)11-4-3-5-12(17-11)14(19)20-2/h3-8H,1-2H3,(H,15,16,18).